The molecule has 98 valence electrons. The minimum Gasteiger partial charge on any atom is -0.465 e. The Morgan fingerprint density at radius 2 is 2.29 bits per heavy atom. The number of hydrogen-bond donors (Lipinski definition) is 2. The molecule has 1 saturated heterocycles. The Kier molecular flexibility index (Phi) is 3.89. The van der Waals surface area contributed by atoms with Gasteiger partial charge in [0.25, 0.3) is 0 Å². The lowest BCUT2D eigenvalue weighted by atomic mass is 10.1. The molecule has 8 heteroatoms. The molecule has 1 amide bonds. The molecule has 0 saturated carbocycles. The van der Waals surface area contributed by atoms with Gasteiger partial charge in [-0.05, 0) is 13.8 Å². The monoisotopic (exact) mass is 248 g/mol. The topological polar surface area (TPSA) is 113 Å². The first-order valence-corrected chi connectivity index (χ1v) is 5.20. The Hall–Kier alpha value is -1.41. The second kappa shape index (κ2) is 4.84. The summed E-state index contributed by atoms with van der Waals surface area (Å²) >= 11 is 0. The van der Waals surface area contributed by atoms with Crippen LogP contribution in [0.15, 0.2) is 0 Å². The van der Waals surface area contributed by atoms with Gasteiger partial charge in [-0.1, -0.05) is 0 Å². The van der Waals surface area contributed by atoms with Crippen molar-refractivity contribution in [2.45, 2.75) is 38.1 Å². The lowest BCUT2D eigenvalue weighted by Crippen LogP contribution is -2.48. The predicted molar refractivity (Wildman–Crippen MR) is 56.2 cm³/mol. The van der Waals surface area contributed by atoms with E-state index in [2.05, 4.69) is 0 Å². The molecule has 8 nitrogen and oxygen atoms in total. The van der Waals surface area contributed by atoms with Crippen molar-refractivity contribution >= 4 is 6.09 Å². The van der Waals surface area contributed by atoms with Crippen molar-refractivity contribution in [2.75, 3.05) is 13.2 Å². The van der Waals surface area contributed by atoms with E-state index < -0.39 is 35.4 Å². The number of carboxylic acid groups (broad SMARTS) is 1. The number of nitrogens with zero attached hydrogens (tertiary/aromatic N) is 2. The first-order valence-electron chi connectivity index (χ1n) is 5.20. The van der Waals surface area contributed by atoms with Crippen molar-refractivity contribution in [1.82, 2.24) is 4.90 Å². The maximum absolute atomic E-state index is 11.1. The van der Waals surface area contributed by atoms with Crippen molar-refractivity contribution < 1.29 is 24.7 Å². The van der Waals surface area contributed by atoms with Crippen LogP contribution in [0.5, 0.6) is 0 Å². The van der Waals surface area contributed by atoms with E-state index in [4.69, 9.17) is 9.84 Å². The van der Waals surface area contributed by atoms with Gasteiger partial charge in [-0.15, -0.1) is 0 Å². The van der Waals surface area contributed by atoms with E-state index >= 15 is 0 Å². The zero-order chi connectivity index (χ0) is 13.2. The molecule has 1 aliphatic rings. The summed E-state index contributed by atoms with van der Waals surface area (Å²) in [5, 5.41) is 28.7. The Morgan fingerprint density at radius 3 is 2.76 bits per heavy atom. The number of aliphatic hydroxyl groups excluding tert-OH is 1. The normalized spacial score (nSPS) is 24.6. The van der Waals surface area contributed by atoms with Crippen LogP contribution in [-0.4, -0.2) is 57.2 Å². The fraction of sp³-hybridized carbons (Fsp3) is 0.889. The van der Waals surface area contributed by atoms with E-state index in [1.807, 2.05) is 0 Å². The molecule has 0 aromatic carbocycles. The van der Waals surface area contributed by atoms with Gasteiger partial charge in [-0.25, -0.2) is 4.79 Å². The molecule has 0 unspecified atom stereocenters. The third-order valence-corrected chi connectivity index (χ3v) is 2.68. The summed E-state index contributed by atoms with van der Waals surface area (Å²) in [6.45, 7) is 2.74. The van der Waals surface area contributed by atoms with Crippen LogP contribution in [0.2, 0.25) is 0 Å². The molecule has 1 heterocycles. The zero-order valence-corrected chi connectivity index (χ0v) is 9.70. The van der Waals surface area contributed by atoms with Gasteiger partial charge in [-0.2, -0.15) is 0 Å². The first kappa shape index (κ1) is 13.7. The second-order valence-electron chi connectivity index (χ2n) is 4.47. The molecule has 0 aromatic rings. The van der Waals surface area contributed by atoms with E-state index in [0.29, 0.717) is 0 Å². The summed E-state index contributed by atoms with van der Waals surface area (Å²) < 4.78 is 5.30. The van der Waals surface area contributed by atoms with E-state index in [9.17, 15) is 20.0 Å². The molecule has 1 fully saturated rings. The lowest BCUT2D eigenvalue weighted by molar-refractivity contribution is -0.490. The van der Waals surface area contributed by atoms with Gasteiger partial charge in [0.2, 0.25) is 6.54 Å². The van der Waals surface area contributed by atoms with Gasteiger partial charge in [0.1, 0.15) is 11.8 Å². The van der Waals surface area contributed by atoms with E-state index in [1.165, 1.54) is 0 Å². The molecule has 0 aromatic heterocycles. The van der Waals surface area contributed by atoms with Gasteiger partial charge in [0, 0.05) is 11.3 Å². The highest BCUT2D eigenvalue weighted by Gasteiger charge is 2.44. The summed E-state index contributed by atoms with van der Waals surface area (Å²) in [6, 6.07) is -0.558. The number of aliphatic hydroxyl groups is 1. The maximum atomic E-state index is 11.1. The van der Waals surface area contributed by atoms with Crippen LogP contribution in [0, 0.1) is 10.1 Å². The lowest BCUT2D eigenvalue weighted by Gasteiger charge is -2.31. The van der Waals surface area contributed by atoms with Crippen molar-refractivity contribution in [3.63, 3.8) is 0 Å². The molecule has 17 heavy (non-hydrogen) atoms. The Bertz CT molecular complexity index is 319. The maximum Gasteiger partial charge on any atom is 0.409 e. The molecule has 0 bridgehead atoms. The Labute approximate surface area is 97.9 Å². The Morgan fingerprint density at radius 1 is 1.71 bits per heavy atom. The van der Waals surface area contributed by atoms with Crippen LogP contribution < -0.4 is 0 Å². The highest BCUT2D eigenvalue weighted by molar-refractivity contribution is 5.66. The third kappa shape index (κ3) is 3.27. The smallest absolute Gasteiger partial charge is 0.409 e. The SMILES string of the molecule is CC1(C)OC[C@H](C[C@H](O)C[N+](=O)[O-])N1C(=O)O. The van der Waals surface area contributed by atoms with Crippen LogP contribution in [-0.2, 0) is 4.74 Å². The molecule has 2 N–H and O–H groups in total. The van der Waals surface area contributed by atoms with Crippen molar-refractivity contribution in [3.05, 3.63) is 10.1 Å². The van der Waals surface area contributed by atoms with E-state index in [1.54, 1.807) is 13.8 Å². The molecule has 0 radical (unpaired) electrons. The zero-order valence-electron chi connectivity index (χ0n) is 9.70. The second-order valence-corrected chi connectivity index (χ2v) is 4.47. The Balaban J connectivity index is 2.65. The van der Waals surface area contributed by atoms with Crippen LogP contribution >= 0.6 is 0 Å². The van der Waals surface area contributed by atoms with Gasteiger partial charge in [0.15, 0.2) is 0 Å². The number of ether oxygens (including phenoxy) is 1. The molecule has 1 aliphatic heterocycles. The molecule has 0 spiro atoms. The average molecular weight is 248 g/mol. The summed E-state index contributed by atoms with van der Waals surface area (Å²) in [7, 11) is 0. The summed E-state index contributed by atoms with van der Waals surface area (Å²) in [5.74, 6) is 0. The van der Waals surface area contributed by atoms with Crippen LogP contribution in [0.3, 0.4) is 0 Å². The van der Waals surface area contributed by atoms with Crippen molar-refractivity contribution in [3.8, 4) is 0 Å². The highest BCUT2D eigenvalue weighted by atomic mass is 16.6. The number of carbonyl (C=O) groups is 1. The van der Waals surface area contributed by atoms with E-state index in [-0.39, 0.29) is 13.0 Å². The van der Waals surface area contributed by atoms with Gasteiger partial charge in [-0.3, -0.25) is 15.0 Å². The summed E-state index contributed by atoms with van der Waals surface area (Å²) in [6.07, 6.45) is -2.34. The van der Waals surface area contributed by atoms with Gasteiger partial charge >= 0.3 is 6.09 Å². The van der Waals surface area contributed by atoms with Gasteiger partial charge < -0.3 is 14.9 Å². The van der Waals surface area contributed by atoms with Crippen LogP contribution in [0.1, 0.15) is 20.3 Å². The van der Waals surface area contributed by atoms with Gasteiger partial charge in [0.05, 0.1) is 12.6 Å². The number of nitro groups is 1. The molecule has 2 atom stereocenters. The molecule has 1 rings (SSSR count). The summed E-state index contributed by atoms with van der Waals surface area (Å²) in [5.41, 5.74) is -0.967. The fourth-order valence-electron chi connectivity index (χ4n) is 2.00. The highest BCUT2D eigenvalue weighted by Crippen LogP contribution is 2.29. The van der Waals surface area contributed by atoms with Crippen molar-refractivity contribution in [2.24, 2.45) is 0 Å². The number of amides is 1. The van der Waals surface area contributed by atoms with Crippen LogP contribution in [0.25, 0.3) is 0 Å². The molecular formula is C9H16N2O6. The molecule has 0 aliphatic carbocycles. The summed E-state index contributed by atoms with van der Waals surface area (Å²) in [4.78, 5) is 21.7. The quantitative estimate of drug-likeness (QED) is 0.540. The standard InChI is InChI=1S/C9H16N2O6/c1-9(2)11(8(13)14)6(5-17-9)3-7(12)4-10(15)16/h6-7,12H,3-5H2,1-2H3,(H,13,14)/t6-,7-/m0/s1. The largest absolute Gasteiger partial charge is 0.465 e. The minimum absolute atomic E-state index is 0.00326. The number of hydrogen-bond acceptors (Lipinski definition) is 5. The van der Waals surface area contributed by atoms with Crippen LogP contribution in [0.4, 0.5) is 4.79 Å². The predicted octanol–water partition coefficient (Wildman–Crippen LogP) is 0.129. The van der Waals surface area contributed by atoms with Crippen molar-refractivity contribution in [1.29, 1.82) is 0 Å². The minimum atomic E-state index is -1.17. The average Bonchev–Trinajstić information content (AvgIpc) is 2.39. The number of rotatable bonds is 4. The first-order chi connectivity index (χ1) is 7.74. The fourth-order valence-corrected chi connectivity index (χ4v) is 2.00. The van der Waals surface area contributed by atoms with E-state index in [0.717, 1.165) is 4.90 Å². The third-order valence-electron chi connectivity index (χ3n) is 2.68. The molecular weight excluding hydrogens is 232 g/mol.